The lowest BCUT2D eigenvalue weighted by atomic mass is 10.2. The van der Waals surface area contributed by atoms with Crippen molar-refractivity contribution in [3.8, 4) is 0 Å². The van der Waals surface area contributed by atoms with Crippen molar-refractivity contribution in [1.29, 1.82) is 0 Å². The summed E-state index contributed by atoms with van der Waals surface area (Å²) in [5.74, 6) is 0.628. The Kier molecular flexibility index (Phi) is 9.51. The van der Waals surface area contributed by atoms with Gasteiger partial charge in [-0.05, 0) is 24.5 Å². The van der Waals surface area contributed by atoms with Gasteiger partial charge in [0.2, 0.25) is 10.0 Å². The number of aliphatic imine (C=N–C) groups is 1. The smallest absolute Gasteiger partial charge is 0.236 e. The molecule has 1 aliphatic heterocycles. The number of hydrogen-bond donors (Lipinski definition) is 2. The number of nitrogens with one attached hydrogen (secondary N) is 2. The fourth-order valence-electron chi connectivity index (χ4n) is 2.65. The first-order valence-electron chi connectivity index (χ1n) is 8.10. The second-order valence-corrected chi connectivity index (χ2v) is 7.55. The molecule has 0 saturated carbocycles. The molecule has 7 nitrogen and oxygen atoms in total. The Morgan fingerprint density at radius 1 is 1.28 bits per heavy atom. The number of hydrogen-bond acceptors (Lipinski definition) is 4. The molecule has 0 atom stereocenters. The van der Waals surface area contributed by atoms with Gasteiger partial charge in [-0.1, -0.05) is 18.2 Å². The van der Waals surface area contributed by atoms with E-state index in [4.69, 9.17) is 4.74 Å². The molecule has 0 spiro atoms. The third-order valence-electron chi connectivity index (χ3n) is 3.87. The highest BCUT2D eigenvalue weighted by molar-refractivity contribution is 14.0. The van der Waals surface area contributed by atoms with E-state index in [2.05, 4.69) is 15.6 Å². The number of rotatable bonds is 8. The van der Waals surface area contributed by atoms with Crippen LogP contribution in [-0.4, -0.2) is 60.5 Å². The van der Waals surface area contributed by atoms with E-state index in [-0.39, 0.29) is 29.7 Å². The van der Waals surface area contributed by atoms with Gasteiger partial charge in [0.15, 0.2) is 5.96 Å². The van der Waals surface area contributed by atoms with Crippen molar-refractivity contribution in [3.05, 3.63) is 29.8 Å². The van der Waals surface area contributed by atoms with Gasteiger partial charge in [-0.25, -0.2) is 8.42 Å². The van der Waals surface area contributed by atoms with E-state index in [0.29, 0.717) is 25.7 Å². The first kappa shape index (κ1) is 22.0. The lowest BCUT2D eigenvalue weighted by molar-refractivity contribution is 0.195. The van der Waals surface area contributed by atoms with Gasteiger partial charge in [-0.3, -0.25) is 9.30 Å². The van der Waals surface area contributed by atoms with Gasteiger partial charge in [0.1, 0.15) is 0 Å². The van der Waals surface area contributed by atoms with E-state index in [1.54, 1.807) is 14.2 Å². The van der Waals surface area contributed by atoms with Crippen LogP contribution in [0.3, 0.4) is 0 Å². The van der Waals surface area contributed by atoms with Crippen LogP contribution in [0.4, 0.5) is 5.69 Å². The van der Waals surface area contributed by atoms with Crippen molar-refractivity contribution in [2.24, 2.45) is 4.99 Å². The van der Waals surface area contributed by atoms with E-state index in [1.807, 2.05) is 24.3 Å². The van der Waals surface area contributed by atoms with Gasteiger partial charge in [0.25, 0.3) is 0 Å². The molecular formula is C16H27IN4O3S. The quantitative estimate of drug-likeness (QED) is 0.252. The normalized spacial score (nSPS) is 14.0. The summed E-state index contributed by atoms with van der Waals surface area (Å²) in [4.78, 5) is 4.08. The molecule has 0 aliphatic carbocycles. The van der Waals surface area contributed by atoms with Gasteiger partial charge in [-0.15, -0.1) is 24.0 Å². The van der Waals surface area contributed by atoms with E-state index in [0.717, 1.165) is 30.6 Å². The van der Waals surface area contributed by atoms with Crippen LogP contribution in [0.25, 0.3) is 0 Å². The number of halogens is 1. The van der Waals surface area contributed by atoms with Crippen LogP contribution in [0, 0.1) is 0 Å². The maximum absolute atomic E-state index is 12.6. The van der Waals surface area contributed by atoms with Crippen molar-refractivity contribution in [3.63, 3.8) is 0 Å². The first-order chi connectivity index (χ1) is 11.6. The number of para-hydroxylation sites is 1. The molecule has 1 aliphatic rings. The highest BCUT2D eigenvalue weighted by Crippen LogP contribution is 2.29. The number of guanidine groups is 1. The van der Waals surface area contributed by atoms with Crippen molar-refractivity contribution in [1.82, 2.24) is 10.6 Å². The fourth-order valence-corrected chi connectivity index (χ4v) is 4.08. The number of fused-ring (bicyclic) bond motifs is 1. The average molecular weight is 482 g/mol. The highest BCUT2D eigenvalue weighted by Gasteiger charge is 2.28. The predicted molar refractivity (Wildman–Crippen MR) is 113 cm³/mol. The molecule has 142 valence electrons. The summed E-state index contributed by atoms with van der Waals surface area (Å²) >= 11 is 0. The molecule has 0 saturated heterocycles. The Bertz CT molecular complexity index is 667. The number of methoxy groups -OCH3 is 1. The molecule has 0 bridgehead atoms. The molecular weight excluding hydrogens is 455 g/mol. The molecule has 2 N–H and O–H groups in total. The Balaban J connectivity index is 0.00000312. The standard InChI is InChI=1S/C16H26N4O3S.HI/c1-17-16(18-9-5-12-23-2)19-10-13-24(21,22)20-11-8-14-6-3-4-7-15(14)20;/h3-4,6-7H,5,8-13H2,1-2H3,(H2,17,18,19);1H. The zero-order valence-corrected chi connectivity index (χ0v) is 17.8. The summed E-state index contributed by atoms with van der Waals surface area (Å²) in [6.07, 6.45) is 1.63. The van der Waals surface area contributed by atoms with Gasteiger partial charge < -0.3 is 15.4 Å². The molecule has 0 unspecified atom stereocenters. The van der Waals surface area contributed by atoms with Gasteiger partial charge >= 0.3 is 0 Å². The molecule has 1 heterocycles. The topological polar surface area (TPSA) is 83.0 Å². The summed E-state index contributed by atoms with van der Waals surface area (Å²) < 4.78 is 31.6. The molecule has 1 aromatic carbocycles. The van der Waals surface area contributed by atoms with E-state index in [1.165, 1.54) is 4.31 Å². The molecule has 0 aromatic heterocycles. The van der Waals surface area contributed by atoms with Crippen LogP contribution in [0.2, 0.25) is 0 Å². The van der Waals surface area contributed by atoms with Crippen LogP contribution < -0.4 is 14.9 Å². The molecule has 1 aromatic rings. The molecule has 25 heavy (non-hydrogen) atoms. The van der Waals surface area contributed by atoms with Crippen LogP contribution in [0.15, 0.2) is 29.3 Å². The van der Waals surface area contributed by atoms with Gasteiger partial charge in [-0.2, -0.15) is 0 Å². The number of ether oxygens (including phenoxy) is 1. The maximum Gasteiger partial charge on any atom is 0.236 e. The largest absolute Gasteiger partial charge is 0.385 e. The third-order valence-corrected chi connectivity index (χ3v) is 5.64. The average Bonchev–Trinajstić information content (AvgIpc) is 3.02. The van der Waals surface area contributed by atoms with Crippen molar-refractivity contribution in [2.75, 3.05) is 50.5 Å². The summed E-state index contributed by atoms with van der Waals surface area (Å²) in [6.45, 7) is 2.23. The van der Waals surface area contributed by atoms with Crippen LogP contribution in [0.5, 0.6) is 0 Å². The molecule has 0 amide bonds. The van der Waals surface area contributed by atoms with E-state index >= 15 is 0 Å². The fraction of sp³-hybridized carbons (Fsp3) is 0.562. The van der Waals surface area contributed by atoms with Crippen molar-refractivity contribution < 1.29 is 13.2 Å². The summed E-state index contributed by atoms with van der Waals surface area (Å²) in [5.41, 5.74) is 1.89. The minimum atomic E-state index is -3.34. The molecule has 2 rings (SSSR count). The van der Waals surface area contributed by atoms with Crippen LogP contribution in [-0.2, 0) is 21.2 Å². The molecule has 0 fully saturated rings. The van der Waals surface area contributed by atoms with E-state index in [9.17, 15) is 8.42 Å². The third kappa shape index (κ3) is 6.30. The van der Waals surface area contributed by atoms with Crippen molar-refractivity contribution in [2.45, 2.75) is 12.8 Å². The number of nitrogens with zero attached hydrogens (tertiary/aromatic N) is 2. The van der Waals surface area contributed by atoms with Crippen LogP contribution >= 0.6 is 24.0 Å². The summed E-state index contributed by atoms with van der Waals surface area (Å²) in [5, 5.41) is 6.17. The Morgan fingerprint density at radius 3 is 2.72 bits per heavy atom. The lowest BCUT2D eigenvalue weighted by Gasteiger charge is -2.20. The second kappa shape index (κ2) is 10.8. The lowest BCUT2D eigenvalue weighted by Crippen LogP contribution is -2.42. The summed E-state index contributed by atoms with van der Waals surface area (Å²) in [7, 11) is -0.0136. The Labute approximate surface area is 167 Å². The monoisotopic (exact) mass is 482 g/mol. The number of anilines is 1. The van der Waals surface area contributed by atoms with Crippen molar-refractivity contribution >= 4 is 45.6 Å². The zero-order valence-electron chi connectivity index (χ0n) is 14.7. The summed E-state index contributed by atoms with van der Waals surface area (Å²) in [6, 6.07) is 7.66. The van der Waals surface area contributed by atoms with E-state index < -0.39 is 10.0 Å². The Hall–Kier alpha value is -1.07. The maximum atomic E-state index is 12.6. The Morgan fingerprint density at radius 2 is 2.00 bits per heavy atom. The SMILES string of the molecule is CN=C(NCCCOC)NCCS(=O)(=O)N1CCc2ccccc21.I. The minimum Gasteiger partial charge on any atom is -0.385 e. The minimum absolute atomic E-state index is 0. The van der Waals surface area contributed by atoms with Gasteiger partial charge in [0.05, 0.1) is 11.4 Å². The zero-order chi connectivity index (χ0) is 17.4. The van der Waals surface area contributed by atoms with Crippen LogP contribution in [0.1, 0.15) is 12.0 Å². The molecule has 0 radical (unpaired) electrons. The number of benzene rings is 1. The molecule has 9 heteroatoms. The second-order valence-electron chi connectivity index (χ2n) is 5.54. The van der Waals surface area contributed by atoms with Gasteiger partial charge in [0, 0.05) is 40.4 Å². The number of sulfonamides is 1. The highest BCUT2D eigenvalue weighted by atomic mass is 127. The first-order valence-corrected chi connectivity index (χ1v) is 9.71. The predicted octanol–water partition coefficient (Wildman–Crippen LogP) is 1.20.